The maximum absolute atomic E-state index is 4.61. The van der Waals surface area contributed by atoms with Gasteiger partial charge in [0.25, 0.3) is 0 Å². The zero-order valence-corrected chi connectivity index (χ0v) is 10.4. The van der Waals surface area contributed by atoms with Crippen LogP contribution in [0.3, 0.4) is 0 Å². The van der Waals surface area contributed by atoms with Gasteiger partial charge in [0.1, 0.15) is 0 Å². The molecule has 1 aromatic heterocycles. The summed E-state index contributed by atoms with van der Waals surface area (Å²) in [6.45, 7) is 7.19. The van der Waals surface area contributed by atoms with Crippen LogP contribution in [0.25, 0.3) is 0 Å². The minimum Gasteiger partial charge on any atom is -0.341 e. The molecule has 2 rings (SSSR count). The van der Waals surface area contributed by atoms with E-state index in [4.69, 9.17) is 0 Å². The molecule has 0 unspecified atom stereocenters. The lowest BCUT2D eigenvalue weighted by atomic mass is 10.2. The Morgan fingerprint density at radius 1 is 1.12 bits per heavy atom. The fourth-order valence-corrected chi connectivity index (χ4v) is 2.21. The van der Waals surface area contributed by atoms with Crippen LogP contribution in [0.15, 0.2) is 0 Å². The molecule has 0 atom stereocenters. The Morgan fingerprint density at radius 3 is 2.19 bits per heavy atom. The molecule has 0 aromatic carbocycles. The Labute approximate surface area is 97.1 Å². The summed E-state index contributed by atoms with van der Waals surface area (Å²) in [7, 11) is 1.95. The summed E-state index contributed by atoms with van der Waals surface area (Å²) in [5.74, 6) is 0.910. The molecule has 0 saturated carbocycles. The van der Waals surface area contributed by atoms with Crippen LogP contribution in [0, 0.1) is 13.8 Å². The van der Waals surface area contributed by atoms with Gasteiger partial charge < -0.3 is 10.2 Å². The van der Waals surface area contributed by atoms with Gasteiger partial charge in [0.05, 0.1) is 0 Å². The van der Waals surface area contributed by atoms with Gasteiger partial charge in [0.2, 0.25) is 5.95 Å². The van der Waals surface area contributed by atoms with Crippen LogP contribution in [0.1, 0.15) is 29.8 Å². The van der Waals surface area contributed by atoms with Crippen molar-refractivity contribution in [3.8, 4) is 0 Å². The molecule has 0 spiro atoms. The molecule has 1 N–H and O–H groups in total. The molecule has 0 amide bonds. The molecule has 88 valence electrons. The van der Waals surface area contributed by atoms with Crippen molar-refractivity contribution in [2.24, 2.45) is 0 Å². The molecule has 0 radical (unpaired) electrons. The van der Waals surface area contributed by atoms with E-state index in [1.54, 1.807) is 0 Å². The third kappa shape index (κ3) is 2.16. The number of nitrogens with one attached hydrogen (secondary N) is 1. The zero-order valence-electron chi connectivity index (χ0n) is 10.4. The standard InChI is InChI=1S/C12H20N4/c1-9-11(8-13-3)10(2)15-12(14-9)16-6-4-5-7-16/h13H,4-8H2,1-3H3. The topological polar surface area (TPSA) is 41.1 Å². The molecule has 0 bridgehead atoms. The molecule has 4 heteroatoms. The summed E-state index contributed by atoms with van der Waals surface area (Å²) in [6.07, 6.45) is 2.53. The van der Waals surface area contributed by atoms with Gasteiger partial charge in [-0.2, -0.15) is 0 Å². The summed E-state index contributed by atoms with van der Waals surface area (Å²) in [5.41, 5.74) is 3.43. The Balaban J connectivity index is 2.28. The van der Waals surface area contributed by atoms with E-state index in [-0.39, 0.29) is 0 Å². The summed E-state index contributed by atoms with van der Waals surface area (Å²) in [4.78, 5) is 11.5. The van der Waals surface area contributed by atoms with E-state index in [1.165, 1.54) is 18.4 Å². The second kappa shape index (κ2) is 4.78. The third-order valence-corrected chi connectivity index (χ3v) is 3.15. The molecule has 1 aromatic rings. The van der Waals surface area contributed by atoms with Crippen molar-refractivity contribution in [2.45, 2.75) is 33.2 Å². The first-order valence-electron chi connectivity index (χ1n) is 5.96. The molecule has 2 heterocycles. The minimum atomic E-state index is 0.845. The second-order valence-electron chi connectivity index (χ2n) is 4.40. The van der Waals surface area contributed by atoms with Gasteiger partial charge in [0, 0.05) is 36.6 Å². The zero-order chi connectivity index (χ0) is 11.5. The molecular weight excluding hydrogens is 200 g/mol. The van der Waals surface area contributed by atoms with Crippen LogP contribution in [0.2, 0.25) is 0 Å². The smallest absolute Gasteiger partial charge is 0.225 e. The number of aromatic nitrogens is 2. The lowest BCUT2D eigenvalue weighted by molar-refractivity contribution is 0.777. The predicted octanol–water partition coefficient (Wildman–Crippen LogP) is 1.41. The van der Waals surface area contributed by atoms with E-state index in [0.717, 1.165) is 37.0 Å². The van der Waals surface area contributed by atoms with Gasteiger partial charge in [-0.25, -0.2) is 9.97 Å². The average molecular weight is 220 g/mol. The van der Waals surface area contributed by atoms with Gasteiger partial charge in [-0.1, -0.05) is 0 Å². The fourth-order valence-electron chi connectivity index (χ4n) is 2.21. The number of anilines is 1. The van der Waals surface area contributed by atoms with Crippen molar-refractivity contribution in [1.82, 2.24) is 15.3 Å². The molecular formula is C12H20N4. The van der Waals surface area contributed by atoms with E-state index >= 15 is 0 Å². The summed E-state index contributed by atoms with van der Waals surface area (Å²) >= 11 is 0. The molecule has 1 aliphatic heterocycles. The Bertz CT molecular complexity index is 346. The molecule has 0 aliphatic carbocycles. The van der Waals surface area contributed by atoms with Crippen LogP contribution >= 0.6 is 0 Å². The van der Waals surface area contributed by atoms with E-state index in [0.29, 0.717) is 0 Å². The highest BCUT2D eigenvalue weighted by molar-refractivity contribution is 5.37. The van der Waals surface area contributed by atoms with Gasteiger partial charge in [0.15, 0.2) is 0 Å². The molecule has 4 nitrogen and oxygen atoms in total. The van der Waals surface area contributed by atoms with Crippen LogP contribution < -0.4 is 10.2 Å². The van der Waals surface area contributed by atoms with Crippen molar-refractivity contribution in [3.05, 3.63) is 17.0 Å². The van der Waals surface area contributed by atoms with Crippen LogP contribution in [-0.2, 0) is 6.54 Å². The lowest BCUT2D eigenvalue weighted by Gasteiger charge is -2.18. The molecule has 1 aliphatic rings. The van der Waals surface area contributed by atoms with Crippen LogP contribution in [0.5, 0.6) is 0 Å². The van der Waals surface area contributed by atoms with E-state index in [1.807, 2.05) is 7.05 Å². The predicted molar refractivity (Wildman–Crippen MR) is 65.7 cm³/mol. The van der Waals surface area contributed by atoms with E-state index in [9.17, 15) is 0 Å². The highest BCUT2D eigenvalue weighted by Crippen LogP contribution is 2.19. The minimum absolute atomic E-state index is 0.845. The molecule has 16 heavy (non-hydrogen) atoms. The van der Waals surface area contributed by atoms with Gasteiger partial charge >= 0.3 is 0 Å². The molecule has 1 fully saturated rings. The maximum Gasteiger partial charge on any atom is 0.225 e. The fraction of sp³-hybridized carbons (Fsp3) is 0.667. The van der Waals surface area contributed by atoms with Crippen molar-refractivity contribution in [2.75, 3.05) is 25.0 Å². The Morgan fingerprint density at radius 2 is 1.69 bits per heavy atom. The number of rotatable bonds is 3. The maximum atomic E-state index is 4.61. The van der Waals surface area contributed by atoms with E-state index in [2.05, 4.69) is 34.0 Å². The first kappa shape index (κ1) is 11.3. The number of aryl methyl sites for hydroxylation is 2. The SMILES string of the molecule is CNCc1c(C)nc(N2CCCC2)nc1C. The van der Waals surface area contributed by atoms with Crippen molar-refractivity contribution in [1.29, 1.82) is 0 Å². The number of nitrogens with zero attached hydrogens (tertiary/aromatic N) is 3. The summed E-state index contributed by atoms with van der Waals surface area (Å²) in [5, 5.41) is 3.16. The van der Waals surface area contributed by atoms with Crippen molar-refractivity contribution >= 4 is 5.95 Å². The first-order valence-corrected chi connectivity index (χ1v) is 5.96. The average Bonchev–Trinajstić information content (AvgIpc) is 2.76. The number of hydrogen-bond acceptors (Lipinski definition) is 4. The first-order chi connectivity index (χ1) is 7.72. The van der Waals surface area contributed by atoms with Gasteiger partial charge in [-0.05, 0) is 33.7 Å². The van der Waals surface area contributed by atoms with Crippen LogP contribution in [0.4, 0.5) is 5.95 Å². The monoisotopic (exact) mass is 220 g/mol. The Hall–Kier alpha value is -1.16. The second-order valence-corrected chi connectivity index (χ2v) is 4.40. The lowest BCUT2D eigenvalue weighted by Crippen LogP contribution is -2.22. The summed E-state index contributed by atoms with van der Waals surface area (Å²) < 4.78 is 0. The van der Waals surface area contributed by atoms with Crippen LogP contribution in [-0.4, -0.2) is 30.1 Å². The molecule has 1 saturated heterocycles. The summed E-state index contributed by atoms with van der Waals surface area (Å²) in [6, 6.07) is 0. The van der Waals surface area contributed by atoms with E-state index < -0.39 is 0 Å². The van der Waals surface area contributed by atoms with Crippen molar-refractivity contribution < 1.29 is 0 Å². The third-order valence-electron chi connectivity index (χ3n) is 3.15. The van der Waals surface area contributed by atoms with Gasteiger partial charge in [-0.3, -0.25) is 0 Å². The largest absolute Gasteiger partial charge is 0.341 e. The Kier molecular flexibility index (Phi) is 3.39. The highest BCUT2D eigenvalue weighted by atomic mass is 15.3. The normalized spacial score (nSPS) is 15.8. The number of hydrogen-bond donors (Lipinski definition) is 1. The highest BCUT2D eigenvalue weighted by Gasteiger charge is 2.17. The quantitative estimate of drug-likeness (QED) is 0.836. The van der Waals surface area contributed by atoms with Crippen molar-refractivity contribution in [3.63, 3.8) is 0 Å². The van der Waals surface area contributed by atoms with Gasteiger partial charge in [-0.15, -0.1) is 0 Å².